The van der Waals surface area contributed by atoms with Gasteiger partial charge in [-0.2, -0.15) is 0 Å². The van der Waals surface area contributed by atoms with Gasteiger partial charge in [0.1, 0.15) is 0 Å². The van der Waals surface area contributed by atoms with Crippen LogP contribution in [-0.4, -0.2) is 66.2 Å². The number of benzene rings is 1. The van der Waals surface area contributed by atoms with Crippen LogP contribution in [0.3, 0.4) is 0 Å². The Morgan fingerprint density at radius 1 is 1.19 bits per heavy atom. The van der Waals surface area contributed by atoms with Crippen molar-refractivity contribution in [2.24, 2.45) is 5.92 Å². The Hall–Kier alpha value is -2.77. The van der Waals surface area contributed by atoms with Crippen molar-refractivity contribution in [3.63, 3.8) is 0 Å². The standard InChI is InChI=1S/C18H22N2O6/c1-19(10-17(22)20-6-4-13(5-7-20)18(23)24)16(21)9-12-2-3-14-15(8-12)26-11-25-14/h2-3,8,13H,4-7,9-11H2,1H3,(H,23,24). The number of fused-ring (bicyclic) bond motifs is 1. The summed E-state index contributed by atoms with van der Waals surface area (Å²) < 4.78 is 10.5. The van der Waals surface area contributed by atoms with E-state index in [-0.39, 0.29) is 37.5 Å². The van der Waals surface area contributed by atoms with Gasteiger partial charge in [0.15, 0.2) is 11.5 Å². The Morgan fingerprint density at radius 3 is 2.58 bits per heavy atom. The normalized spacial score (nSPS) is 16.4. The number of nitrogens with zero attached hydrogens (tertiary/aromatic N) is 2. The molecule has 0 spiro atoms. The molecule has 26 heavy (non-hydrogen) atoms. The number of likely N-dealkylation sites (N-methyl/N-ethyl adjacent to an activating group) is 1. The highest BCUT2D eigenvalue weighted by molar-refractivity contribution is 5.86. The summed E-state index contributed by atoms with van der Waals surface area (Å²) in [5.41, 5.74) is 0.792. The fourth-order valence-electron chi connectivity index (χ4n) is 3.13. The topological polar surface area (TPSA) is 96.4 Å². The maximum atomic E-state index is 12.4. The molecular formula is C18H22N2O6. The molecule has 2 amide bonds. The van der Waals surface area contributed by atoms with Gasteiger partial charge in [0, 0.05) is 20.1 Å². The van der Waals surface area contributed by atoms with Gasteiger partial charge in [0.25, 0.3) is 0 Å². The van der Waals surface area contributed by atoms with Crippen molar-refractivity contribution in [2.75, 3.05) is 33.5 Å². The van der Waals surface area contributed by atoms with Crippen molar-refractivity contribution in [3.05, 3.63) is 23.8 Å². The molecule has 0 atom stereocenters. The van der Waals surface area contributed by atoms with Gasteiger partial charge in [-0.3, -0.25) is 14.4 Å². The van der Waals surface area contributed by atoms with Crippen LogP contribution in [0.5, 0.6) is 11.5 Å². The van der Waals surface area contributed by atoms with Crippen LogP contribution < -0.4 is 9.47 Å². The van der Waals surface area contributed by atoms with Gasteiger partial charge in [-0.05, 0) is 30.5 Å². The Kier molecular flexibility index (Phi) is 5.29. The maximum absolute atomic E-state index is 12.4. The number of hydrogen-bond acceptors (Lipinski definition) is 5. The van der Waals surface area contributed by atoms with Gasteiger partial charge in [-0.1, -0.05) is 6.07 Å². The molecule has 2 aliphatic heterocycles. The summed E-state index contributed by atoms with van der Waals surface area (Å²) in [5.74, 6) is -0.240. The highest BCUT2D eigenvalue weighted by Crippen LogP contribution is 2.32. The zero-order chi connectivity index (χ0) is 18.7. The van der Waals surface area contributed by atoms with Gasteiger partial charge >= 0.3 is 5.97 Å². The van der Waals surface area contributed by atoms with Gasteiger partial charge in [0.2, 0.25) is 18.6 Å². The Labute approximate surface area is 151 Å². The minimum absolute atomic E-state index is 0.0128. The molecule has 3 rings (SSSR count). The van der Waals surface area contributed by atoms with Crippen LogP contribution in [0.1, 0.15) is 18.4 Å². The number of carbonyl (C=O) groups excluding carboxylic acids is 2. The number of carboxylic acid groups (broad SMARTS) is 1. The lowest BCUT2D eigenvalue weighted by Crippen LogP contribution is -2.45. The molecule has 140 valence electrons. The molecule has 0 unspecified atom stereocenters. The van der Waals surface area contributed by atoms with Crippen LogP contribution in [-0.2, 0) is 20.8 Å². The van der Waals surface area contributed by atoms with Crippen LogP contribution in [0.4, 0.5) is 0 Å². The summed E-state index contributed by atoms with van der Waals surface area (Å²) in [4.78, 5) is 38.7. The average Bonchev–Trinajstić information content (AvgIpc) is 3.09. The van der Waals surface area contributed by atoms with Gasteiger partial charge in [0.05, 0.1) is 18.9 Å². The molecule has 1 N–H and O–H groups in total. The Bertz CT molecular complexity index is 712. The third-order valence-corrected chi connectivity index (χ3v) is 4.79. The van der Waals surface area contributed by atoms with E-state index < -0.39 is 5.97 Å². The second kappa shape index (κ2) is 7.63. The molecule has 1 saturated heterocycles. The second-order valence-corrected chi connectivity index (χ2v) is 6.61. The van der Waals surface area contributed by atoms with E-state index in [4.69, 9.17) is 14.6 Å². The van der Waals surface area contributed by atoms with E-state index >= 15 is 0 Å². The molecule has 0 saturated carbocycles. The largest absolute Gasteiger partial charge is 0.481 e. The fourth-order valence-corrected chi connectivity index (χ4v) is 3.13. The highest BCUT2D eigenvalue weighted by Gasteiger charge is 2.28. The number of likely N-dealkylation sites (tertiary alicyclic amines) is 1. The number of carboxylic acids is 1. The predicted octanol–water partition coefficient (Wildman–Crippen LogP) is 0.739. The number of piperidine rings is 1. The molecule has 8 heteroatoms. The summed E-state index contributed by atoms with van der Waals surface area (Å²) in [5, 5.41) is 9.01. The maximum Gasteiger partial charge on any atom is 0.306 e. The molecule has 2 heterocycles. The van der Waals surface area contributed by atoms with Crippen molar-refractivity contribution in [3.8, 4) is 11.5 Å². The van der Waals surface area contributed by atoms with E-state index in [1.807, 2.05) is 0 Å². The Morgan fingerprint density at radius 2 is 1.88 bits per heavy atom. The molecule has 8 nitrogen and oxygen atoms in total. The molecule has 0 bridgehead atoms. The molecule has 0 aliphatic carbocycles. The van der Waals surface area contributed by atoms with E-state index in [1.165, 1.54) is 4.90 Å². The summed E-state index contributed by atoms with van der Waals surface area (Å²) in [7, 11) is 1.59. The minimum Gasteiger partial charge on any atom is -0.481 e. The predicted molar refractivity (Wildman–Crippen MR) is 90.8 cm³/mol. The number of rotatable bonds is 5. The van der Waals surface area contributed by atoms with E-state index in [2.05, 4.69) is 0 Å². The fraction of sp³-hybridized carbons (Fsp3) is 0.500. The lowest BCUT2D eigenvalue weighted by atomic mass is 9.97. The lowest BCUT2D eigenvalue weighted by molar-refractivity contribution is -0.146. The number of amides is 2. The van der Waals surface area contributed by atoms with Crippen LogP contribution in [0.15, 0.2) is 18.2 Å². The van der Waals surface area contributed by atoms with Crippen LogP contribution >= 0.6 is 0 Å². The second-order valence-electron chi connectivity index (χ2n) is 6.61. The number of ether oxygens (including phenoxy) is 2. The summed E-state index contributed by atoms with van der Waals surface area (Å²) >= 11 is 0. The smallest absolute Gasteiger partial charge is 0.306 e. The van der Waals surface area contributed by atoms with Gasteiger partial charge in [-0.15, -0.1) is 0 Å². The quantitative estimate of drug-likeness (QED) is 0.830. The van der Waals surface area contributed by atoms with E-state index in [1.54, 1.807) is 30.1 Å². The zero-order valence-corrected chi connectivity index (χ0v) is 14.6. The monoisotopic (exact) mass is 362 g/mol. The summed E-state index contributed by atoms with van der Waals surface area (Å²) in [6.07, 6.45) is 1.08. The van der Waals surface area contributed by atoms with Crippen LogP contribution in [0.2, 0.25) is 0 Å². The zero-order valence-electron chi connectivity index (χ0n) is 14.6. The third-order valence-electron chi connectivity index (χ3n) is 4.79. The lowest BCUT2D eigenvalue weighted by Gasteiger charge is -2.31. The first-order valence-corrected chi connectivity index (χ1v) is 8.57. The van der Waals surface area contributed by atoms with Gasteiger partial charge < -0.3 is 24.4 Å². The molecule has 2 aliphatic rings. The highest BCUT2D eigenvalue weighted by atomic mass is 16.7. The van der Waals surface area contributed by atoms with Crippen molar-refractivity contribution < 1.29 is 29.0 Å². The third kappa shape index (κ3) is 4.07. The summed E-state index contributed by atoms with van der Waals surface area (Å²) in [6, 6.07) is 5.34. The van der Waals surface area contributed by atoms with E-state index in [9.17, 15) is 14.4 Å². The SMILES string of the molecule is CN(CC(=O)N1CCC(C(=O)O)CC1)C(=O)Cc1ccc2c(c1)OCO2. The number of aliphatic carboxylic acids is 1. The molecule has 0 aromatic heterocycles. The average molecular weight is 362 g/mol. The first kappa shape index (κ1) is 18.0. The molecule has 1 aromatic rings. The Balaban J connectivity index is 1.49. The van der Waals surface area contributed by atoms with Crippen molar-refractivity contribution in [1.29, 1.82) is 0 Å². The van der Waals surface area contributed by atoms with E-state index in [0.29, 0.717) is 37.4 Å². The molecular weight excluding hydrogens is 340 g/mol. The van der Waals surface area contributed by atoms with Crippen LogP contribution in [0, 0.1) is 5.92 Å². The first-order chi connectivity index (χ1) is 12.4. The summed E-state index contributed by atoms with van der Waals surface area (Å²) in [6.45, 7) is 1.00. The number of hydrogen-bond donors (Lipinski definition) is 1. The van der Waals surface area contributed by atoms with Crippen molar-refractivity contribution in [1.82, 2.24) is 9.80 Å². The van der Waals surface area contributed by atoms with Gasteiger partial charge in [-0.25, -0.2) is 0 Å². The number of carbonyl (C=O) groups is 3. The molecule has 1 fully saturated rings. The molecule has 1 aromatic carbocycles. The van der Waals surface area contributed by atoms with Crippen molar-refractivity contribution >= 4 is 17.8 Å². The van der Waals surface area contributed by atoms with E-state index in [0.717, 1.165) is 5.56 Å². The van der Waals surface area contributed by atoms with Crippen LogP contribution in [0.25, 0.3) is 0 Å². The minimum atomic E-state index is -0.812. The first-order valence-electron chi connectivity index (χ1n) is 8.57. The van der Waals surface area contributed by atoms with Crippen molar-refractivity contribution in [2.45, 2.75) is 19.3 Å². The molecule has 0 radical (unpaired) electrons.